The van der Waals surface area contributed by atoms with Gasteiger partial charge >= 0.3 is 5.97 Å². The molecule has 0 bridgehead atoms. The van der Waals surface area contributed by atoms with E-state index < -0.39 is 0 Å². The lowest BCUT2D eigenvalue weighted by molar-refractivity contribution is -0.136. The van der Waals surface area contributed by atoms with Crippen LogP contribution in [0.3, 0.4) is 0 Å². The maximum atomic E-state index is 12.0. The Morgan fingerprint density at radius 3 is 2.85 bits per heavy atom. The number of fused-ring (bicyclic) bond motifs is 4. The molecule has 3 nitrogen and oxygen atoms in total. The van der Waals surface area contributed by atoms with Crippen LogP contribution in [0.5, 0.6) is 11.5 Å². The molecule has 100 valence electrons. The van der Waals surface area contributed by atoms with E-state index >= 15 is 0 Å². The van der Waals surface area contributed by atoms with Gasteiger partial charge in [-0.25, -0.2) is 0 Å². The van der Waals surface area contributed by atoms with Gasteiger partial charge in [-0.2, -0.15) is 0 Å². The molecule has 1 unspecified atom stereocenters. The van der Waals surface area contributed by atoms with Crippen molar-refractivity contribution in [2.75, 3.05) is 0 Å². The fourth-order valence-electron chi connectivity index (χ4n) is 3.64. The Morgan fingerprint density at radius 2 is 1.95 bits per heavy atom. The third kappa shape index (κ3) is 1.43. The Balaban J connectivity index is 1.99. The Kier molecular flexibility index (Phi) is 2.22. The van der Waals surface area contributed by atoms with Crippen LogP contribution in [-0.2, 0) is 16.6 Å². The van der Waals surface area contributed by atoms with Crippen molar-refractivity contribution in [2.24, 2.45) is 0 Å². The second-order valence-electron chi connectivity index (χ2n) is 5.57. The maximum absolute atomic E-state index is 12.0. The predicted octanol–water partition coefficient (Wildman–Crippen LogP) is 2.93. The standard InChI is InChI=1S/C17H14O3/c18-12-5-6-14-15(9-12)20-16(19)10-17(14)8-7-11-3-1-2-4-13(11)17/h1-6,9,18H,7-8,10H2. The van der Waals surface area contributed by atoms with Crippen LogP contribution in [0, 0.1) is 0 Å². The van der Waals surface area contributed by atoms with Gasteiger partial charge in [0, 0.05) is 17.0 Å². The highest BCUT2D eigenvalue weighted by atomic mass is 16.5. The first-order valence-electron chi connectivity index (χ1n) is 6.82. The van der Waals surface area contributed by atoms with Crippen LogP contribution >= 0.6 is 0 Å². The normalized spacial score (nSPS) is 23.3. The molecule has 1 aliphatic carbocycles. The number of benzene rings is 2. The van der Waals surface area contributed by atoms with E-state index in [0.717, 1.165) is 18.4 Å². The van der Waals surface area contributed by atoms with Gasteiger partial charge in [-0.05, 0) is 30.0 Å². The lowest BCUT2D eigenvalue weighted by Gasteiger charge is -2.35. The van der Waals surface area contributed by atoms with Crippen molar-refractivity contribution in [3.05, 3.63) is 59.2 Å². The number of carbonyl (C=O) groups is 1. The number of phenols is 1. The molecule has 0 radical (unpaired) electrons. The maximum Gasteiger partial charge on any atom is 0.312 e. The van der Waals surface area contributed by atoms with Gasteiger partial charge in [0.2, 0.25) is 0 Å². The molecule has 1 atom stereocenters. The molecule has 1 N–H and O–H groups in total. The van der Waals surface area contributed by atoms with Crippen LogP contribution in [0.4, 0.5) is 0 Å². The highest BCUT2D eigenvalue weighted by Gasteiger charge is 2.46. The van der Waals surface area contributed by atoms with Crippen LogP contribution < -0.4 is 4.74 Å². The van der Waals surface area contributed by atoms with E-state index in [1.807, 2.05) is 18.2 Å². The molecule has 0 amide bonds. The number of aromatic hydroxyl groups is 1. The van der Waals surface area contributed by atoms with Gasteiger partial charge in [-0.3, -0.25) is 4.79 Å². The number of esters is 1. The number of rotatable bonds is 0. The van der Waals surface area contributed by atoms with Gasteiger partial charge in [0.25, 0.3) is 0 Å². The SMILES string of the molecule is O=C1CC2(CCc3ccccc32)c2ccc(O)cc2O1. The highest BCUT2D eigenvalue weighted by molar-refractivity contribution is 5.80. The van der Waals surface area contributed by atoms with Crippen LogP contribution in [0.2, 0.25) is 0 Å². The molecule has 2 aliphatic rings. The number of aryl methyl sites for hydroxylation is 1. The average molecular weight is 266 g/mol. The summed E-state index contributed by atoms with van der Waals surface area (Å²) < 4.78 is 5.32. The fraction of sp³-hybridized carbons (Fsp3) is 0.235. The summed E-state index contributed by atoms with van der Waals surface area (Å²) >= 11 is 0. The quantitative estimate of drug-likeness (QED) is 0.589. The topological polar surface area (TPSA) is 46.5 Å². The molecule has 2 aromatic carbocycles. The molecule has 20 heavy (non-hydrogen) atoms. The van der Waals surface area contributed by atoms with Gasteiger partial charge in [0.05, 0.1) is 6.42 Å². The Morgan fingerprint density at radius 1 is 1.10 bits per heavy atom. The Hall–Kier alpha value is -2.29. The van der Waals surface area contributed by atoms with Gasteiger partial charge in [0.1, 0.15) is 11.5 Å². The molecule has 0 aromatic heterocycles. The van der Waals surface area contributed by atoms with Gasteiger partial charge in [-0.1, -0.05) is 30.3 Å². The molecule has 1 spiro atoms. The third-order valence-electron chi connectivity index (χ3n) is 4.50. The molecular formula is C17H14O3. The zero-order valence-corrected chi connectivity index (χ0v) is 10.9. The van der Waals surface area contributed by atoms with E-state index in [-0.39, 0.29) is 17.1 Å². The van der Waals surface area contributed by atoms with Gasteiger partial charge in [-0.15, -0.1) is 0 Å². The van der Waals surface area contributed by atoms with E-state index in [2.05, 4.69) is 12.1 Å². The minimum absolute atomic E-state index is 0.125. The monoisotopic (exact) mass is 266 g/mol. The smallest absolute Gasteiger partial charge is 0.312 e. The van der Waals surface area contributed by atoms with Crippen LogP contribution in [-0.4, -0.2) is 11.1 Å². The largest absolute Gasteiger partial charge is 0.508 e. The van der Waals surface area contributed by atoms with Crippen molar-refractivity contribution < 1.29 is 14.6 Å². The summed E-state index contributed by atoms with van der Waals surface area (Å²) in [4.78, 5) is 12.0. The van der Waals surface area contributed by atoms with Crippen LogP contribution in [0.25, 0.3) is 0 Å². The summed E-state index contributed by atoms with van der Waals surface area (Å²) in [7, 11) is 0. The summed E-state index contributed by atoms with van der Waals surface area (Å²) in [6.45, 7) is 0. The predicted molar refractivity (Wildman–Crippen MR) is 73.9 cm³/mol. The first kappa shape index (κ1) is 11.5. The van der Waals surface area contributed by atoms with Gasteiger partial charge in [0.15, 0.2) is 0 Å². The molecule has 1 aliphatic heterocycles. The molecule has 2 aromatic rings. The van der Waals surface area contributed by atoms with Crippen LogP contribution in [0.1, 0.15) is 29.5 Å². The fourth-order valence-corrected chi connectivity index (χ4v) is 3.64. The van der Waals surface area contributed by atoms with Crippen molar-refractivity contribution >= 4 is 5.97 Å². The molecular weight excluding hydrogens is 252 g/mol. The summed E-state index contributed by atoms with van der Waals surface area (Å²) in [6, 6.07) is 13.4. The van der Waals surface area contributed by atoms with Crippen LogP contribution in [0.15, 0.2) is 42.5 Å². The first-order chi connectivity index (χ1) is 9.69. The van der Waals surface area contributed by atoms with Crippen molar-refractivity contribution in [1.82, 2.24) is 0 Å². The third-order valence-corrected chi connectivity index (χ3v) is 4.50. The lowest BCUT2D eigenvalue weighted by atomic mass is 9.71. The second-order valence-corrected chi connectivity index (χ2v) is 5.57. The summed E-state index contributed by atoms with van der Waals surface area (Å²) in [5, 5.41) is 9.61. The summed E-state index contributed by atoms with van der Waals surface area (Å²) in [6.07, 6.45) is 2.27. The van der Waals surface area contributed by atoms with E-state index in [1.165, 1.54) is 17.2 Å². The minimum Gasteiger partial charge on any atom is -0.508 e. The van der Waals surface area contributed by atoms with E-state index in [9.17, 15) is 9.90 Å². The number of hydrogen-bond acceptors (Lipinski definition) is 3. The number of phenolic OH excluding ortho intramolecular Hbond substituents is 1. The summed E-state index contributed by atoms with van der Waals surface area (Å²) in [5.41, 5.74) is 3.26. The average Bonchev–Trinajstić information content (AvgIpc) is 2.78. The lowest BCUT2D eigenvalue weighted by Crippen LogP contribution is -2.35. The van der Waals surface area contributed by atoms with E-state index in [4.69, 9.17) is 4.74 Å². The zero-order chi connectivity index (χ0) is 13.7. The summed E-state index contributed by atoms with van der Waals surface area (Å²) in [5.74, 6) is 0.401. The second kappa shape index (κ2) is 3.85. The Bertz CT molecular complexity index is 720. The molecule has 1 heterocycles. The van der Waals surface area contributed by atoms with Crippen molar-refractivity contribution in [1.29, 1.82) is 0 Å². The molecule has 4 rings (SSSR count). The van der Waals surface area contributed by atoms with Crippen molar-refractivity contribution in [3.63, 3.8) is 0 Å². The first-order valence-corrected chi connectivity index (χ1v) is 6.82. The number of ether oxygens (including phenoxy) is 1. The number of carbonyl (C=O) groups excluding carboxylic acids is 1. The van der Waals surface area contributed by atoms with Crippen molar-refractivity contribution in [2.45, 2.75) is 24.7 Å². The molecule has 0 saturated carbocycles. The Labute approximate surface area is 116 Å². The van der Waals surface area contributed by atoms with Crippen molar-refractivity contribution in [3.8, 4) is 11.5 Å². The highest BCUT2D eigenvalue weighted by Crippen LogP contribution is 2.52. The van der Waals surface area contributed by atoms with Gasteiger partial charge < -0.3 is 9.84 Å². The molecule has 3 heteroatoms. The van der Waals surface area contributed by atoms with E-state index in [0.29, 0.717) is 12.2 Å². The number of hydrogen-bond donors (Lipinski definition) is 1. The van der Waals surface area contributed by atoms with E-state index in [1.54, 1.807) is 6.07 Å². The molecule has 0 saturated heterocycles. The zero-order valence-electron chi connectivity index (χ0n) is 10.9. The molecule has 0 fully saturated rings. The minimum atomic E-state index is -0.283.